The highest BCUT2D eigenvalue weighted by molar-refractivity contribution is 5.83. The molecule has 0 spiro atoms. The molecular formula is C14H14O5. The van der Waals surface area contributed by atoms with E-state index in [1.165, 1.54) is 6.07 Å². The van der Waals surface area contributed by atoms with E-state index in [2.05, 4.69) is 0 Å². The molecule has 0 amide bonds. The maximum absolute atomic E-state index is 11.3. The number of aliphatic hydroxyl groups is 2. The van der Waals surface area contributed by atoms with Crippen molar-refractivity contribution in [2.75, 3.05) is 0 Å². The summed E-state index contributed by atoms with van der Waals surface area (Å²) in [5, 5.41) is 21.0. The van der Waals surface area contributed by atoms with E-state index in [0.29, 0.717) is 22.3 Å². The van der Waals surface area contributed by atoms with E-state index in [1.807, 2.05) is 0 Å². The summed E-state index contributed by atoms with van der Waals surface area (Å²) < 4.78 is 10.7. The van der Waals surface area contributed by atoms with Gasteiger partial charge in [0.2, 0.25) is 0 Å². The molecule has 2 atom stereocenters. The van der Waals surface area contributed by atoms with E-state index in [4.69, 9.17) is 9.15 Å². The molecule has 0 radical (unpaired) electrons. The second-order valence-corrected chi connectivity index (χ2v) is 5.29. The fraction of sp³-hybridized carbons (Fsp3) is 0.357. The van der Waals surface area contributed by atoms with Gasteiger partial charge in [0.25, 0.3) is 0 Å². The van der Waals surface area contributed by atoms with Crippen LogP contribution in [-0.2, 0) is 0 Å². The number of hydrogen-bond donors (Lipinski definition) is 2. The van der Waals surface area contributed by atoms with Crippen molar-refractivity contribution in [2.24, 2.45) is 0 Å². The molecule has 19 heavy (non-hydrogen) atoms. The predicted molar refractivity (Wildman–Crippen MR) is 68.2 cm³/mol. The fourth-order valence-electron chi connectivity index (χ4n) is 2.40. The molecule has 5 nitrogen and oxygen atoms in total. The van der Waals surface area contributed by atoms with Crippen molar-refractivity contribution in [3.8, 4) is 5.75 Å². The lowest BCUT2D eigenvalue weighted by Crippen LogP contribution is -2.41. The van der Waals surface area contributed by atoms with Gasteiger partial charge < -0.3 is 19.4 Å². The lowest BCUT2D eigenvalue weighted by Gasteiger charge is -2.27. The topological polar surface area (TPSA) is 79.9 Å². The molecule has 1 aliphatic heterocycles. The van der Waals surface area contributed by atoms with Crippen molar-refractivity contribution in [3.63, 3.8) is 0 Å². The lowest BCUT2D eigenvalue weighted by atomic mass is 9.94. The van der Waals surface area contributed by atoms with Crippen molar-refractivity contribution >= 4 is 11.0 Å². The Bertz CT molecular complexity index is 695. The minimum atomic E-state index is -1.21. The summed E-state index contributed by atoms with van der Waals surface area (Å²) in [6, 6.07) is 6.40. The number of ether oxygens (including phenoxy) is 1. The summed E-state index contributed by atoms with van der Waals surface area (Å²) in [5.41, 5.74) is -0.966. The Labute approximate surface area is 109 Å². The molecule has 2 heterocycles. The highest BCUT2D eigenvalue weighted by Crippen LogP contribution is 2.43. The van der Waals surface area contributed by atoms with E-state index < -0.39 is 23.4 Å². The van der Waals surface area contributed by atoms with Crippen LogP contribution in [-0.4, -0.2) is 21.9 Å². The molecule has 0 unspecified atom stereocenters. The number of rotatable bonds is 1. The molecule has 5 heteroatoms. The monoisotopic (exact) mass is 262 g/mol. The maximum atomic E-state index is 11.3. The molecule has 1 aromatic heterocycles. The Balaban J connectivity index is 2.24. The van der Waals surface area contributed by atoms with Gasteiger partial charge >= 0.3 is 5.63 Å². The van der Waals surface area contributed by atoms with Crippen LogP contribution in [0.25, 0.3) is 11.0 Å². The molecule has 0 saturated heterocycles. The van der Waals surface area contributed by atoms with Crippen molar-refractivity contribution < 1.29 is 19.4 Å². The van der Waals surface area contributed by atoms with Crippen LogP contribution in [0, 0.1) is 0 Å². The van der Waals surface area contributed by atoms with Gasteiger partial charge in [-0.25, -0.2) is 4.79 Å². The van der Waals surface area contributed by atoms with Gasteiger partial charge in [0.05, 0.1) is 11.2 Å². The van der Waals surface area contributed by atoms with Crippen LogP contribution in [0.5, 0.6) is 5.75 Å². The number of aliphatic hydroxyl groups excluding tert-OH is 1. The molecule has 0 aliphatic carbocycles. The zero-order valence-corrected chi connectivity index (χ0v) is 10.6. The Hall–Kier alpha value is -1.85. The van der Waals surface area contributed by atoms with Crippen LogP contribution in [0.1, 0.15) is 25.5 Å². The fourth-order valence-corrected chi connectivity index (χ4v) is 2.40. The first-order valence-corrected chi connectivity index (χ1v) is 6.02. The summed E-state index contributed by atoms with van der Waals surface area (Å²) in [5.74, 6) is 0.432. The molecule has 0 bridgehead atoms. The van der Waals surface area contributed by atoms with Gasteiger partial charge in [-0.2, -0.15) is 0 Å². The summed E-state index contributed by atoms with van der Waals surface area (Å²) in [6.45, 7) is 3.12. The van der Waals surface area contributed by atoms with E-state index >= 15 is 0 Å². The zero-order chi connectivity index (χ0) is 13.8. The second kappa shape index (κ2) is 3.82. The van der Waals surface area contributed by atoms with E-state index in [9.17, 15) is 15.0 Å². The first-order valence-electron chi connectivity index (χ1n) is 6.02. The van der Waals surface area contributed by atoms with Crippen LogP contribution in [0.3, 0.4) is 0 Å². The third kappa shape index (κ3) is 1.82. The summed E-state index contributed by atoms with van der Waals surface area (Å²) in [4.78, 5) is 11.3. The molecular weight excluding hydrogens is 248 g/mol. The molecule has 1 aromatic carbocycles. The minimum absolute atomic E-state index is 0.309. The largest absolute Gasteiger partial charge is 0.484 e. The summed E-state index contributed by atoms with van der Waals surface area (Å²) in [6.07, 6.45) is -1.83. The minimum Gasteiger partial charge on any atom is -0.484 e. The van der Waals surface area contributed by atoms with Crippen LogP contribution < -0.4 is 10.4 Å². The molecule has 100 valence electrons. The van der Waals surface area contributed by atoms with Crippen molar-refractivity contribution in [2.45, 2.75) is 31.7 Å². The number of hydrogen-bond acceptors (Lipinski definition) is 5. The molecule has 3 rings (SSSR count). The molecule has 2 aromatic rings. The molecule has 2 N–H and O–H groups in total. The molecule has 0 fully saturated rings. The van der Waals surface area contributed by atoms with E-state index in [0.717, 1.165) is 0 Å². The molecule has 1 aliphatic rings. The van der Waals surface area contributed by atoms with Crippen LogP contribution >= 0.6 is 0 Å². The van der Waals surface area contributed by atoms with Gasteiger partial charge in [0.1, 0.15) is 17.4 Å². The third-order valence-electron chi connectivity index (χ3n) is 3.32. The average molecular weight is 262 g/mol. The zero-order valence-electron chi connectivity index (χ0n) is 10.6. The smallest absolute Gasteiger partial charge is 0.336 e. The Kier molecular flexibility index (Phi) is 2.45. The van der Waals surface area contributed by atoms with Gasteiger partial charge in [0, 0.05) is 11.5 Å². The van der Waals surface area contributed by atoms with Gasteiger partial charge in [-0.15, -0.1) is 0 Å². The Morgan fingerprint density at radius 2 is 1.89 bits per heavy atom. The lowest BCUT2D eigenvalue weighted by molar-refractivity contribution is -0.0761. The first-order chi connectivity index (χ1) is 8.88. The van der Waals surface area contributed by atoms with Gasteiger partial charge in [0.15, 0.2) is 6.10 Å². The third-order valence-corrected chi connectivity index (χ3v) is 3.32. The SMILES string of the molecule is CC(C)(O)[C@H]1Oc2ccc3ccc(=O)oc3c2[C@@H]1O. The van der Waals surface area contributed by atoms with Gasteiger partial charge in [-0.1, -0.05) is 0 Å². The number of fused-ring (bicyclic) bond motifs is 3. The highest BCUT2D eigenvalue weighted by atomic mass is 16.5. The van der Waals surface area contributed by atoms with Crippen LogP contribution in [0.2, 0.25) is 0 Å². The standard InChI is InChI=1S/C14H14O5/c1-14(2,17)13-11(16)10-8(18-13)5-3-7-4-6-9(15)19-12(7)10/h3-6,11,13,16-17H,1-2H3/t11-,13-/m0/s1. The van der Waals surface area contributed by atoms with Crippen molar-refractivity contribution in [1.29, 1.82) is 0 Å². The summed E-state index contributed by atoms with van der Waals surface area (Å²) in [7, 11) is 0. The molecule has 0 saturated carbocycles. The second-order valence-electron chi connectivity index (χ2n) is 5.29. The summed E-state index contributed by atoms with van der Waals surface area (Å²) >= 11 is 0. The van der Waals surface area contributed by atoms with Gasteiger partial charge in [-0.05, 0) is 32.0 Å². The van der Waals surface area contributed by atoms with Crippen molar-refractivity contribution in [1.82, 2.24) is 0 Å². The van der Waals surface area contributed by atoms with E-state index in [-0.39, 0.29) is 0 Å². The van der Waals surface area contributed by atoms with Crippen molar-refractivity contribution in [3.05, 3.63) is 40.2 Å². The van der Waals surface area contributed by atoms with Gasteiger partial charge in [-0.3, -0.25) is 0 Å². The average Bonchev–Trinajstić information content (AvgIpc) is 2.67. The van der Waals surface area contributed by atoms with E-state index in [1.54, 1.807) is 32.0 Å². The first kappa shape index (κ1) is 12.2. The normalized spacial score (nSPS) is 22.3. The Morgan fingerprint density at radius 1 is 1.21 bits per heavy atom. The van der Waals surface area contributed by atoms with Crippen LogP contribution in [0.15, 0.2) is 33.5 Å². The predicted octanol–water partition coefficient (Wildman–Crippen LogP) is 1.36. The quantitative estimate of drug-likeness (QED) is 0.758. The number of benzene rings is 1. The maximum Gasteiger partial charge on any atom is 0.336 e. The Morgan fingerprint density at radius 3 is 2.58 bits per heavy atom. The highest BCUT2D eigenvalue weighted by Gasteiger charge is 2.43. The van der Waals surface area contributed by atoms with Crippen LogP contribution in [0.4, 0.5) is 0 Å².